The Kier molecular flexibility index (Phi) is 12.6. The maximum Gasteiger partial charge on any atom is 0.513 e. The van der Waals surface area contributed by atoms with Crippen LogP contribution >= 0.6 is 0 Å². The highest BCUT2D eigenvalue weighted by Gasteiger charge is 2.16. The summed E-state index contributed by atoms with van der Waals surface area (Å²) in [5.41, 5.74) is 0.296. The van der Waals surface area contributed by atoms with Crippen molar-refractivity contribution in [2.45, 2.75) is 0 Å². The van der Waals surface area contributed by atoms with Crippen LogP contribution in [0.1, 0.15) is 10.4 Å². The number of carbonyl (C=O) groups excluding carboxylic acids is 4. The molecule has 10 nitrogen and oxygen atoms in total. The molecule has 0 unspecified atom stereocenters. The van der Waals surface area contributed by atoms with Crippen LogP contribution in [0, 0.1) is 0 Å². The van der Waals surface area contributed by atoms with E-state index in [2.05, 4.69) is 22.6 Å². The third kappa shape index (κ3) is 11.3. The summed E-state index contributed by atoms with van der Waals surface area (Å²) in [6.07, 6.45) is 0.0886. The van der Waals surface area contributed by atoms with E-state index in [4.69, 9.17) is 14.2 Å². The van der Waals surface area contributed by atoms with Gasteiger partial charge in [-0.05, 0) is 0 Å². The van der Waals surface area contributed by atoms with E-state index in [-0.39, 0.29) is 39.5 Å². The molecule has 10 heteroatoms. The molecule has 0 aromatic heterocycles. The summed E-state index contributed by atoms with van der Waals surface area (Å²) in [6.45, 7) is 7.07. The average Bonchev–Trinajstić information content (AvgIpc) is 2.76. The van der Waals surface area contributed by atoms with Gasteiger partial charge in [-0.2, -0.15) is 0 Å². The van der Waals surface area contributed by atoms with E-state index in [9.17, 15) is 19.2 Å². The number of ketones is 2. The fraction of sp³-hybridized carbons (Fsp3) is 0.333. The van der Waals surface area contributed by atoms with Crippen LogP contribution in [-0.4, -0.2) is 74.8 Å². The van der Waals surface area contributed by atoms with Gasteiger partial charge in [0.25, 0.3) is 0 Å². The van der Waals surface area contributed by atoms with E-state index in [0.29, 0.717) is 12.1 Å². The average molecular weight is 435 g/mol. The Morgan fingerprint density at radius 3 is 1.84 bits per heavy atom. The third-order valence-electron chi connectivity index (χ3n) is 3.69. The lowest BCUT2D eigenvalue weighted by Gasteiger charge is -2.21. The van der Waals surface area contributed by atoms with Crippen LogP contribution in [0.3, 0.4) is 0 Å². The van der Waals surface area contributed by atoms with Crippen molar-refractivity contribution in [2.24, 2.45) is 0 Å². The summed E-state index contributed by atoms with van der Waals surface area (Å²) in [7, 11) is 0. The summed E-state index contributed by atoms with van der Waals surface area (Å²) >= 11 is 0. The standard InChI is InChI=1S/C21H25NO9/c1-3-28-20(25)30-14-11-22(12-15-31-21(26)29-4-2)10-13-27-16-18(23)19(24)17-8-6-5-7-9-17/h3-9H,1-2,10-16H2. The quantitative estimate of drug-likeness (QED) is 0.134. The first-order chi connectivity index (χ1) is 15.0. The molecule has 1 aromatic carbocycles. The van der Waals surface area contributed by atoms with Crippen molar-refractivity contribution < 1.29 is 42.9 Å². The van der Waals surface area contributed by atoms with E-state index >= 15 is 0 Å². The Hall–Kier alpha value is -3.50. The topological polar surface area (TPSA) is 118 Å². The molecule has 0 heterocycles. The molecule has 0 amide bonds. The van der Waals surface area contributed by atoms with Crippen molar-refractivity contribution in [3.8, 4) is 0 Å². The first-order valence-electron chi connectivity index (χ1n) is 9.29. The number of hydrogen-bond acceptors (Lipinski definition) is 10. The zero-order valence-electron chi connectivity index (χ0n) is 17.0. The maximum absolute atomic E-state index is 12.0. The van der Waals surface area contributed by atoms with Gasteiger partial charge in [0.2, 0.25) is 11.6 Å². The number of Topliss-reactive ketones (excluding diaryl/α,β-unsaturated/α-hetero) is 2. The lowest BCUT2D eigenvalue weighted by atomic mass is 10.1. The zero-order valence-corrected chi connectivity index (χ0v) is 17.0. The lowest BCUT2D eigenvalue weighted by Crippen LogP contribution is -2.35. The normalized spacial score (nSPS) is 10.1. The second kappa shape index (κ2) is 15.4. The predicted octanol–water partition coefficient (Wildman–Crippen LogP) is 2.35. The first kappa shape index (κ1) is 25.5. The summed E-state index contributed by atoms with van der Waals surface area (Å²) < 4.78 is 23.9. The predicted molar refractivity (Wildman–Crippen MR) is 108 cm³/mol. The Morgan fingerprint density at radius 2 is 1.32 bits per heavy atom. The van der Waals surface area contributed by atoms with Gasteiger partial charge in [0.15, 0.2) is 0 Å². The highest BCUT2D eigenvalue weighted by molar-refractivity contribution is 6.44. The van der Waals surface area contributed by atoms with E-state index in [0.717, 1.165) is 12.5 Å². The zero-order chi connectivity index (χ0) is 22.9. The van der Waals surface area contributed by atoms with Crippen molar-refractivity contribution in [1.82, 2.24) is 4.90 Å². The van der Waals surface area contributed by atoms with Crippen LogP contribution in [-0.2, 0) is 28.5 Å². The molecule has 31 heavy (non-hydrogen) atoms. The van der Waals surface area contributed by atoms with E-state index in [1.54, 1.807) is 35.2 Å². The van der Waals surface area contributed by atoms with Gasteiger partial charge in [-0.15, -0.1) is 0 Å². The van der Waals surface area contributed by atoms with E-state index in [1.807, 2.05) is 0 Å². The van der Waals surface area contributed by atoms with Crippen molar-refractivity contribution >= 4 is 23.9 Å². The van der Waals surface area contributed by atoms with Gasteiger partial charge >= 0.3 is 12.3 Å². The Balaban J connectivity index is 2.41. The summed E-state index contributed by atoms with van der Waals surface area (Å²) in [6, 6.07) is 8.18. The van der Waals surface area contributed by atoms with E-state index in [1.165, 1.54) is 0 Å². The molecule has 1 aromatic rings. The van der Waals surface area contributed by atoms with Crippen molar-refractivity contribution in [1.29, 1.82) is 0 Å². The minimum atomic E-state index is -0.901. The van der Waals surface area contributed by atoms with Crippen molar-refractivity contribution in [3.05, 3.63) is 61.6 Å². The molecule has 0 aliphatic carbocycles. The number of nitrogens with zero attached hydrogens (tertiary/aromatic N) is 1. The van der Waals surface area contributed by atoms with Gasteiger partial charge in [0, 0.05) is 25.2 Å². The van der Waals surface area contributed by atoms with Crippen LogP contribution in [0.4, 0.5) is 9.59 Å². The number of ether oxygens (including phenoxy) is 5. The number of carbonyl (C=O) groups is 4. The molecule has 0 N–H and O–H groups in total. The highest BCUT2D eigenvalue weighted by atomic mass is 16.7. The Labute approximate surface area is 179 Å². The highest BCUT2D eigenvalue weighted by Crippen LogP contribution is 2.01. The Bertz CT molecular complexity index is 720. The van der Waals surface area contributed by atoms with Crippen LogP contribution in [0.25, 0.3) is 0 Å². The summed E-state index contributed by atoms with van der Waals surface area (Å²) in [5.74, 6) is -1.29. The molecule has 0 atom stereocenters. The van der Waals surface area contributed by atoms with Gasteiger partial charge in [-0.25, -0.2) is 9.59 Å². The van der Waals surface area contributed by atoms with Gasteiger partial charge < -0.3 is 23.7 Å². The monoisotopic (exact) mass is 435 g/mol. The molecular formula is C21H25NO9. The van der Waals surface area contributed by atoms with Crippen molar-refractivity contribution in [2.75, 3.05) is 46.1 Å². The van der Waals surface area contributed by atoms with Gasteiger partial charge in [-0.3, -0.25) is 14.5 Å². The van der Waals surface area contributed by atoms with Gasteiger partial charge in [-0.1, -0.05) is 43.5 Å². The van der Waals surface area contributed by atoms with Crippen molar-refractivity contribution in [3.63, 3.8) is 0 Å². The second-order valence-electron chi connectivity index (χ2n) is 5.78. The summed E-state index contributed by atoms with van der Waals surface area (Å²) in [5, 5.41) is 0. The number of benzene rings is 1. The van der Waals surface area contributed by atoms with Crippen LogP contribution in [0.15, 0.2) is 56.0 Å². The van der Waals surface area contributed by atoms with Crippen LogP contribution in [0.5, 0.6) is 0 Å². The molecule has 0 spiro atoms. The third-order valence-corrected chi connectivity index (χ3v) is 3.69. The van der Waals surface area contributed by atoms with Gasteiger partial charge in [0.1, 0.15) is 19.8 Å². The minimum absolute atomic E-state index is 0.00476. The first-order valence-corrected chi connectivity index (χ1v) is 9.29. The smallest absolute Gasteiger partial charge is 0.433 e. The largest absolute Gasteiger partial charge is 0.513 e. The van der Waals surface area contributed by atoms with Crippen LogP contribution in [0.2, 0.25) is 0 Å². The second-order valence-corrected chi connectivity index (χ2v) is 5.78. The summed E-state index contributed by atoms with van der Waals surface area (Å²) in [4.78, 5) is 48.1. The maximum atomic E-state index is 12.0. The van der Waals surface area contributed by atoms with E-state index < -0.39 is 23.9 Å². The fourth-order valence-electron chi connectivity index (χ4n) is 2.23. The minimum Gasteiger partial charge on any atom is -0.433 e. The number of rotatable bonds is 15. The van der Waals surface area contributed by atoms with Crippen LogP contribution < -0.4 is 0 Å². The molecule has 0 radical (unpaired) electrons. The lowest BCUT2D eigenvalue weighted by molar-refractivity contribution is -0.119. The molecule has 168 valence electrons. The molecular weight excluding hydrogens is 410 g/mol. The molecule has 0 aliphatic heterocycles. The Morgan fingerprint density at radius 1 is 0.806 bits per heavy atom. The molecule has 0 bridgehead atoms. The fourth-order valence-corrected chi connectivity index (χ4v) is 2.23. The molecule has 0 saturated carbocycles. The molecule has 1 rings (SSSR count). The molecule has 0 fully saturated rings. The van der Waals surface area contributed by atoms with Gasteiger partial charge in [0.05, 0.1) is 19.1 Å². The SMILES string of the molecule is C=COC(=O)OCCN(CCOCC(=O)C(=O)c1ccccc1)CCOC(=O)OC=C. The molecule has 0 aliphatic rings. The number of hydrogen-bond donors (Lipinski definition) is 0. The molecule has 0 saturated heterocycles.